The van der Waals surface area contributed by atoms with Crippen molar-refractivity contribution in [2.24, 2.45) is 0 Å². The summed E-state index contributed by atoms with van der Waals surface area (Å²) in [5, 5.41) is 18.6. The minimum atomic E-state index is -1.15. The van der Waals surface area contributed by atoms with Crippen LogP contribution in [0.5, 0.6) is 0 Å². The number of hydrogen-bond donors (Lipinski definition) is 2. The van der Waals surface area contributed by atoms with Gasteiger partial charge in [0.05, 0.1) is 18.5 Å². The van der Waals surface area contributed by atoms with Crippen molar-refractivity contribution in [1.82, 2.24) is 14.9 Å². The summed E-state index contributed by atoms with van der Waals surface area (Å²) in [5.74, 6) is -1.73. The molecular weight excluding hydrogens is 262 g/mol. The van der Waals surface area contributed by atoms with Crippen LogP contribution in [0, 0.1) is 0 Å². The van der Waals surface area contributed by atoms with E-state index in [1.165, 1.54) is 12.4 Å². The van der Waals surface area contributed by atoms with Crippen molar-refractivity contribution in [3.05, 3.63) is 23.2 Å². The highest BCUT2D eigenvalue weighted by molar-refractivity contribution is 6.29. The van der Waals surface area contributed by atoms with Crippen molar-refractivity contribution in [1.29, 1.82) is 0 Å². The van der Waals surface area contributed by atoms with Crippen LogP contribution >= 0.6 is 11.6 Å². The van der Waals surface area contributed by atoms with E-state index in [-0.39, 0.29) is 23.8 Å². The summed E-state index contributed by atoms with van der Waals surface area (Å²) in [6, 6.07) is -1.04. The van der Waals surface area contributed by atoms with Gasteiger partial charge in [-0.3, -0.25) is 4.79 Å². The van der Waals surface area contributed by atoms with Crippen molar-refractivity contribution >= 4 is 23.5 Å². The number of nitrogens with zero attached hydrogens (tertiary/aromatic N) is 3. The Morgan fingerprint density at radius 1 is 1.39 bits per heavy atom. The zero-order chi connectivity index (χ0) is 13.3. The SMILES string of the molecule is O=C(O)C1CC(O)CN1C(=O)c1cnc(Cl)cn1. The molecule has 96 valence electrons. The minimum Gasteiger partial charge on any atom is -0.480 e. The van der Waals surface area contributed by atoms with Crippen molar-refractivity contribution in [2.45, 2.75) is 18.6 Å². The molecule has 1 fully saturated rings. The summed E-state index contributed by atoms with van der Waals surface area (Å²) >= 11 is 5.55. The lowest BCUT2D eigenvalue weighted by Gasteiger charge is -2.20. The first kappa shape index (κ1) is 12.7. The van der Waals surface area contributed by atoms with Crippen LogP contribution in [-0.4, -0.2) is 55.6 Å². The van der Waals surface area contributed by atoms with Gasteiger partial charge in [-0.05, 0) is 0 Å². The van der Waals surface area contributed by atoms with Crippen LogP contribution < -0.4 is 0 Å². The van der Waals surface area contributed by atoms with Crippen molar-refractivity contribution in [3.8, 4) is 0 Å². The molecular formula is C10H10ClN3O4. The Balaban J connectivity index is 2.22. The second-order valence-electron chi connectivity index (χ2n) is 3.93. The zero-order valence-corrected chi connectivity index (χ0v) is 9.91. The molecule has 2 heterocycles. The Morgan fingerprint density at radius 2 is 2.11 bits per heavy atom. The maximum absolute atomic E-state index is 12.0. The van der Waals surface area contributed by atoms with Gasteiger partial charge < -0.3 is 15.1 Å². The number of carbonyl (C=O) groups is 2. The van der Waals surface area contributed by atoms with Gasteiger partial charge in [-0.1, -0.05) is 11.6 Å². The third-order valence-corrected chi connectivity index (χ3v) is 2.86. The van der Waals surface area contributed by atoms with E-state index in [0.29, 0.717) is 0 Å². The Bertz CT molecular complexity index is 479. The van der Waals surface area contributed by atoms with Gasteiger partial charge in [0, 0.05) is 13.0 Å². The highest BCUT2D eigenvalue weighted by atomic mass is 35.5. The molecule has 2 unspecified atom stereocenters. The number of likely N-dealkylation sites (tertiary alicyclic amines) is 1. The maximum Gasteiger partial charge on any atom is 0.326 e. The predicted octanol–water partition coefficient (Wildman–Crippen LogP) is -0.210. The molecule has 0 aliphatic carbocycles. The molecule has 0 bridgehead atoms. The topological polar surface area (TPSA) is 104 Å². The number of aromatic nitrogens is 2. The normalized spacial score (nSPS) is 23.1. The Kier molecular flexibility index (Phi) is 3.44. The van der Waals surface area contributed by atoms with E-state index in [1.807, 2.05) is 0 Å². The molecule has 0 aromatic carbocycles. The van der Waals surface area contributed by atoms with Gasteiger partial charge in [0.15, 0.2) is 0 Å². The Hall–Kier alpha value is -1.73. The lowest BCUT2D eigenvalue weighted by Crippen LogP contribution is -2.41. The first-order valence-electron chi connectivity index (χ1n) is 5.18. The Labute approximate surface area is 107 Å². The molecule has 1 amide bonds. The lowest BCUT2D eigenvalue weighted by molar-refractivity contribution is -0.141. The number of β-amino-alcohol motifs (C(OH)–C–C–N with tert-alkyl or cyclic N) is 1. The molecule has 0 spiro atoms. The lowest BCUT2D eigenvalue weighted by atomic mass is 10.2. The van der Waals surface area contributed by atoms with Crippen molar-refractivity contribution < 1.29 is 19.8 Å². The molecule has 1 aliphatic rings. The molecule has 0 saturated carbocycles. The fourth-order valence-corrected chi connectivity index (χ4v) is 1.94. The van der Waals surface area contributed by atoms with Crippen LogP contribution in [0.25, 0.3) is 0 Å². The summed E-state index contributed by atoms with van der Waals surface area (Å²) in [5.41, 5.74) is -0.000231. The number of carbonyl (C=O) groups excluding carboxylic acids is 1. The summed E-state index contributed by atoms with van der Waals surface area (Å²) in [6.45, 7) is -0.0277. The third-order valence-electron chi connectivity index (χ3n) is 2.66. The van der Waals surface area contributed by atoms with Gasteiger partial charge >= 0.3 is 5.97 Å². The largest absolute Gasteiger partial charge is 0.480 e. The minimum absolute atomic E-state index is 0.000231. The molecule has 1 aliphatic heterocycles. The zero-order valence-electron chi connectivity index (χ0n) is 9.15. The van der Waals surface area contributed by atoms with Gasteiger partial charge in [-0.25, -0.2) is 14.8 Å². The quantitative estimate of drug-likeness (QED) is 0.771. The van der Waals surface area contributed by atoms with E-state index in [4.69, 9.17) is 16.7 Å². The molecule has 8 heteroatoms. The van der Waals surface area contributed by atoms with Crippen molar-refractivity contribution in [2.75, 3.05) is 6.54 Å². The van der Waals surface area contributed by atoms with E-state index in [2.05, 4.69) is 9.97 Å². The van der Waals surface area contributed by atoms with Gasteiger partial charge in [-0.15, -0.1) is 0 Å². The monoisotopic (exact) mass is 271 g/mol. The summed E-state index contributed by atoms with van der Waals surface area (Å²) < 4.78 is 0. The van der Waals surface area contributed by atoms with Gasteiger partial charge in [0.25, 0.3) is 5.91 Å². The second kappa shape index (κ2) is 4.87. The second-order valence-corrected chi connectivity index (χ2v) is 4.31. The molecule has 18 heavy (non-hydrogen) atoms. The van der Waals surface area contributed by atoms with Crippen molar-refractivity contribution in [3.63, 3.8) is 0 Å². The molecule has 1 aromatic heterocycles. The standard InChI is InChI=1S/C10H10ClN3O4/c11-8-3-12-6(2-13-8)9(16)14-4-5(15)1-7(14)10(17)18/h2-3,5,7,15H,1,4H2,(H,17,18). The number of amides is 1. The number of aliphatic carboxylic acids is 1. The highest BCUT2D eigenvalue weighted by Crippen LogP contribution is 2.20. The number of carboxylic acids is 1. The first-order chi connectivity index (χ1) is 8.49. The number of carboxylic acid groups (broad SMARTS) is 1. The average Bonchev–Trinajstić information content (AvgIpc) is 2.71. The van der Waals surface area contributed by atoms with Gasteiger partial charge in [0.2, 0.25) is 0 Å². The van der Waals surface area contributed by atoms with Crippen LogP contribution in [0.2, 0.25) is 5.15 Å². The molecule has 2 rings (SSSR count). The van der Waals surface area contributed by atoms with Gasteiger partial charge in [-0.2, -0.15) is 0 Å². The molecule has 1 aromatic rings. The van der Waals surface area contributed by atoms with Crippen LogP contribution in [0.3, 0.4) is 0 Å². The molecule has 2 N–H and O–H groups in total. The number of rotatable bonds is 2. The fraction of sp³-hybridized carbons (Fsp3) is 0.400. The summed E-state index contributed by atoms with van der Waals surface area (Å²) in [6.07, 6.45) is 1.56. The predicted molar refractivity (Wildman–Crippen MR) is 60.1 cm³/mol. The van der Waals surface area contributed by atoms with Crippen LogP contribution in [-0.2, 0) is 4.79 Å². The molecule has 2 atom stereocenters. The molecule has 7 nitrogen and oxygen atoms in total. The van der Waals surface area contributed by atoms with E-state index in [1.54, 1.807) is 0 Å². The van der Waals surface area contributed by atoms with E-state index in [0.717, 1.165) is 4.90 Å². The third kappa shape index (κ3) is 2.41. The number of hydrogen-bond acceptors (Lipinski definition) is 5. The van der Waals surface area contributed by atoms with E-state index < -0.39 is 24.0 Å². The number of halogens is 1. The summed E-state index contributed by atoms with van der Waals surface area (Å²) in [4.78, 5) is 31.6. The number of aliphatic hydroxyl groups excluding tert-OH is 1. The number of aliphatic hydroxyl groups is 1. The smallest absolute Gasteiger partial charge is 0.326 e. The van der Waals surface area contributed by atoms with Crippen LogP contribution in [0.1, 0.15) is 16.9 Å². The van der Waals surface area contributed by atoms with Gasteiger partial charge in [0.1, 0.15) is 16.9 Å². The van der Waals surface area contributed by atoms with Crippen LogP contribution in [0.15, 0.2) is 12.4 Å². The van der Waals surface area contributed by atoms with E-state index >= 15 is 0 Å². The highest BCUT2D eigenvalue weighted by Gasteiger charge is 2.39. The van der Waals surface area contributed by atoms with E-state index in [9.17, 15) is 14.7 Å². The average molecular weight is 272 g/mol. The van der Waals surface area contributed by atoms with Crippen LogP contribution in [0.4, 0.5) is 0 Å². The maximum atomic E-state index is 12.0. The Morgan fingerprint density at radius 3 is 2.67 bits per heavy atom. The fourth-order valence-electron chi connectivity index (χ4n) is 1.84. The summed E-state index contributed by atoms with van der Waals surface area (Å²) in [7, 11) is 0. The molecule has 1 saturated heterocycles. The first-order valence-corrected chi connectivity index (χ1v) is 5.56. The molecule has 0 radical (unpaired) electrons.